The number of aromatic nitrogens is 3. The minimum absolute atomic E-state index is 0.188. The van der Waals surface area contributed by atoms with E-state index in [1.54, 1.807) is 36.4 Å². The number of aldehydes is 1. The van der Waals surface area contributed by atoms with Gasteiger partial charge in [0, 0.05) is 43.9 Å². The Balaban J connectivity index is 1.31. The van der Waals surface area contributed by atoms with E-state index in [-0.39, 0.29) is 11.7 Å². The van der Waals surface area contributed by atoms with Crippen molar-refractivity contribution in [2.75, 3.05) is 62.0 Å². The van der Waals surface area contributed by atoms with Crippen LogP contribution in [0.1, 0.15) is 37.4 Å². The summed E-state index contributed by atoms with van der Waals surface area (Å²) in [5, 5.41) is 12.5. The molecule has 1 amide bonds. The van der Waals surface area contributed by atoms with Crippen molar-refractivity contribution < 1.29 is 23.5 Å². The van der Waals surface area contributed by atoms with E-state index in [1.807, 2.05) is 24.3 Å². The van der Waals surface area contributed by atoms with Crippen molar-refractivity contribution in [2.45, 2.75) is 19.5 Å². The van der Waals surface area contributed by atoms with Crippen LogP contribution in [0.15, 0.2) is 72.8 Å². The van der Waals surface area contributed by atoms with Gasteiger partial charge in [0.05, 0.1) is 26.4 Å². The molecule has 1 heterocycles. The smallest absolute Gasteiger partial charge is 0.251 e. The molecule has 242 valence electrons. The van der Waals surface area contributed by atoms with Crippen molar-refractivity contribution in [3.63, 3.8) is 0 Å². The Hall–Kier alpha value is -4.98. The Bertz CT molecular complexity index is 1510. The van der Waals surface area contributed by atoms with E-state index in [1.165, 1.54) is 12.1 Å². The van der Waals surface area contributed by atoms with E-state index in [4.69, 9.17) is 15.2 Å². The first kappa shape index (κ1) is 33.9. The molecule has 4 rings (SSSR count). The third-order valence-electron chi connectivity index (χ3n) is 6.64. The predicted octanol–water partition coefficient (Wildman–Crippen LogP) is 3.42. The van der Waals surface area contributed by atoms with E-state index >= 15 is 0 Å². The van der Waals surface area contributed by atoms with Crippen LogP contribution in [0.3, 0.4) is 0 Å². The number of anilines is 3. The Morgan fingerprint density at radius 3 is 1.83 bits per heavy atom. The molecule has 0 atom stereocenters. The molecule has 0 spiro atoms. The van der Waals surface area contributed by atoms with Crippen LogP contribution in [0.5, 0.6) is 0 Å². The van der Waals surface area contributed by atoms with Gasteiger partial charge >= 0.3 is 0 Å². The molecule has 0 bridgehead atoms. The first-order chi connectivity index (χ1) is 22.5. The molecule has 0 aliphatic carbocycles. The summed E-state index contributed by atoms with van der Waals surface area (Å²) in [5.74, 6) is 0.584. The fourth-order valence-electron chi connectivity index (χ4n) is 4.18. The monoisotopic (exact) mass is 630 g/mol. The summed E-state index contributed by atoms with van der Waals surface area (Å²) < 4.78 is 24.0. The maximum Gasteiger partial charge on any atom is 0.251 e. The van der Waals surface area contributed by atoms with Gasteiger partial charge in [0.2, 0.25) is 17.8 Å². The number of hydrogen-bond donors (Lipinski definition) is 5. The van der Waals surface area contributed by atoms with E-state index in [9.17, 15) is 14.0 Å². The van der Waals surface area contributed by atoms with Crippen LogP contribution in [0.25, 0.3) is 0 Å². The first-order valence-corrected chi connectivity index (χ1v) is 15.0. The molecule has 4 aromatic rings. The standard InChI is InChI=1S/C33H39FN8O4/c34-29-11-7-26(8-12-29)22-39-33-41-31(37-15-13-24-1-3-27(23-43)4-2-24)40-32(42-33)38-21-25-5-9-28(10-6-25)30(44)36-16-18-46-20-19-45-17-14-35/h1-12,23H,13-22,35H2,(H,36,44)(H3,37,38,39,40,41,42). The van der Waals surface area contributed by atoms with Gasteiger partial charge in [-0.1, -0.05) is 48.5 Å². The number of carbonyl (C=O) groups is 2. The zero-order valence-electron chi connectivity index (χ0n) is 25.5. The summed E-state index contributed by atoms with van der Waals surface area (Å²) in [4.78, 5) is 36.9. The second-order valence-electron chi connectivity index (χ2n) is 10.1. The number of halogens is 1. The minimum atomic E-state index is -0.304. The first-order valence-electron chi connectivity index (χ1n) is 15.0. The van der Waals surface area contributed by atoms with Gasteiger partial charge in [-0.25, -0.2) is 4.39 Å². The van der Waals surface area contributed by atoms with Crippen LogP contribution in [-0.4, -0.2) is 73.2 Å². The summed E-state index contributed by atoms with van der Waals surface area (Å²) in [6, 6.07) is 20.8. The fourth-order valence-corrected chi connectivity index (χ4v) is 4.18. The third-order valence-corrected chi connectivity index (χ3v) is 6.64. The molecule has 46 heavy (non-hydrogen) atoms. The molecule has 0 saturated heterocycles. The molecule has 0 radical (unpaired) electrons. The highest BCUT2D eigenvalue weighted by molar-refractivity contribution is 5.94. The Kier molecular flexibility index (Phi) is 13.8. The average Bonchev–Trinajstić information content (AvgIpc) is 3.08. The van der Waals surface area contributed by atoms with E-state index in [0.717, 1.165) is 23.0 Å². The molecule has 6 N–H and O–H groups in total. The summed E-state index contributed by atoms with van der Waals surface area (Å²) >= 11 is 0. The number of benzene rings is 3. The van der Waals surface area contributed by atoms with Gasteiger partial charge in [0.15, 0.2) is 0 Å². The van der Waals surface area contributed by atoms with Gasteiger partial charge in [0.25, 0.3) is 5.91 Å². The fraction of sp³-hybridized carbons (Fsp3) is 0.303. The molecule has 0 aliphatic rings. The number of ether oxygens (including phenoxy) is 2. The number of nitrogens with one attached hydrogen (secondary N) is 4. The summed E-state index contributed by atoms with van der Waals surface area (Å²) in [7, 11) is 0. The van der Waals surface area contributed by atoms with Crippen LogP contribution < -0.4 is 27.0 Å². The Morgan fingerprint density at radius 1 is 0.696 bits per heavy atom. The van der Waals surface area contributed by atoms with E-state index in [2.05, 4.69) is 36.2 Å². The highest BCUT2D eigenvalue weighted by atomic mass is 19.1. The Morgan fingerprint density at radius 2 is 1.24 bits per heavy atom. The molecular weight excluding hydrogens is 591 g/mol. The van der Waals surface area contributed by atoms with Crippen molar-refractivity contribution in [2.24, 2.45) is 5.73 Å². The lowest BCUT2D eigenvalue weighted by molar-refractivity contribution is 0.0511. The average molecular weight is 631 g/mol. The maximum absolute atomic E-state index is 13.3. The molecule has 0 fully saturated rings. The molecule has 0 unspecified atom stereocenters. The van der Waals surface area contributed by atoms with Gasteiger partial charge in [-0.15, -0.1) is 0 Å². The van der Waals surface area contributed by atoms with Crippen LogP contribution in [-0.2, 0) is 29.0 Å². The Labute approximate surface area is 267 Å². The summed E-state index contributed by atoms with van der Waals surface area (Å²) in [6.45, 7) is 4.02. The van der Waals surface area contributed by atoms with Crippen LogP contribution >= 0.6 is 0 Å². The van der Waals surface area contributed by atoms with Gasteiger partial charge < -0.3 is 36.5 Å². The molecule has 12 nitrogen and oxygen atoms in total. The molecule has 3 aromatic carbocycles. The quantitative estimate of drug-likeness (QED) is 0.0718. The van der Waals surface area contributed by atoms with Crippen molar-refractivity contribution >= 4 is 30.0 Å². The lowest BCUT2D eigenvalue weighted by Gasteiger charge is -2.12. The summed E-state index contributed by atoms with van der Waals surface area (Å²) in [5.41, 5.74) is 9.39. The number of nitrogens with zero attached hydrogens (tertiary/aromatic N) is 3. The maximum atomic E-state index is 13.3. The number of amides is 1. The zero-order chi connectivity index (χ0) is 32.4. The van der Waals surface area contributed by atoms with E-state index in [0.29, 0.717) is 94.5 Å². The van der Waals surface area contributed by atoms with Gasteiger partial charge in [0.1, 0.15) is 12.1 Å². The SMILES string of the molecule is NCCOCCOCCNC(=O)c1ccc(CNc2nc(NCCc3ccc(C=O)cc3)nc(NCc3ccc(F)cc3)n2)cc1. The predicted molar refractivity (Wildman–Crippen MR) is 174 cm³/mol. The molecular formula is C33H39FN8O4. The van der Waals surface area contributed by atoms with Gasteiger partial charge in [-0.3, -0.25) is 9.59 Å². The van der Waals surface area contributed by atoms with Crippen molar-refractivity contribution in [1.29, 1.82) is 0 Å². The zero-order valence-corrected chi connectivity index (χ0v) is 25.5. The van der Waals surface area contributed by atoms with Crippen LogP contribution in [0, 0.1) is 5.82 Å². The number of carbonyl (C=O) groups excluding carboxylic acids is 2. The highest BCUT2D eigenvalue weighted by Crippen LogP contribution is 2.14. The van der Waals surface area contributed by atoms with Crippen molar-refractivity contribution in [3.05, 3.63) is 106 Å². The van der Waals surface area contributed by atoms with Crippen LogP contribution in [0.4, 0.5) is 22.2 Å². The second kappa shape index (κ2) is 18.7. The number of hydrogen-bond acceptors (Lipinski definition) is 11. The van der Waals surface area contributed by atoms with E-state index < -0.39 is 0 Å². The van der Waals surface area contributed by atoms with Gasteiger partial charge in [-0.05, 0) is 47.4 Å². The largest absolute Gasteiger partial charge is 0.378 e. The third kappa shape index (κ3) is 11.8. The van der Waals surface area contributed by atoms with Crippen molar-refractivity contribution in [1.82, 2.24) is 20.3 Å². The molecule has 0 aliphatic heterocycles. The van der Waals surface area contributed by atoms with Gasteiger partial charge in [-0.2, -0.15) is 15.0 Å². The second-order valence-corrected chi connectivity index (χ2v) is 10.1. The number of nitrogens with two attached hydrogens (primary N) is 1. The molecule has 1 aromatic heterocycles. The number of rotatable bonds is 20. The molecule has 13 heteroatoms. The topological polar surface area (TPSA) is 165 Å². The minimum Gasteiger partial charge on any atom is -0.378 e. The lowest BCUT2D eigenvalue weighted by Crippen LogP contribution is -2.27. The summed E-state index contributed by atoms with van der Waals surface area (Å²) in [6.07, 6.45) is 1.51. The normalized spacial score (nSPS) is 10.7. The van der Waals surface area contributed by atoms with Crippen LogP contribution in [0.2, 0.25) is 0 Å². The van der Waals surface area contributed by atoms with Crippen molar-refractivity contribution in [3.8, 4) is 0 Å². The lowest BCUT2D eigenvalue weighted by atomic mass is 10.1. The highest BCUT2D eigenvalue weighted by Gasteiger charge is 2.09. The molecule has 0 saturated carbocycles.